The van der Waals surface area contributed by atoms with Crippen molar-refractivity contribution in [3.05, 3.63) is 64.1 Å². The Balaban J connectivity index is 1.90. The van der Waals surface area contributed by atoms with Gasteiger partial charge in [-0.25, -0.2) is 0 Å². The van der Waals surface area contributed by atoms with Crippen LogP contribution in [0.3, 0.4) is 0 Å². The molecule has 0 radical (unpaired) electrons. The molecular formula is C19H21BrN2O2. The van der Waals surface area contributed by atoms with E-state index in [1.807, 2.05) is 55.5 Å². The lowest BCUT2D eigenvalue weighted by Gasteiger charge is -2.21. The van der Waals surface area contributed by atoms with Crippen molar-refractivity contribution in [2.75, 3.05) is 11.9 Å². The molecule has 5 heteroatoms. The number of anilines is 1. The van der Waals surface area contributed by atoms with E-state index < -0.39 is 0 Å². The second kappa shape index (κ2) is 8.64. The molecule has 2 aromatic carbocycles. The molecule has 0 aliphatic rings. The Morgan fingerprint density at radius 3 is 2.46 bits per heavy atom. The van der Waals surface area contributed by atoms with E-state index in [1.165, 1.54) is 12.5 Å². The summed E-state index contributed by atoms with van der Waals surface area (Å²) in [5.74, 6) is -0.144. The average molecular weight is 389 g/mol. The van der Waals surface area contributed by atoms with Crippen LogP contribution in [-0.2, 0) is 16.1 Å². The van der Waals surface area contributed by atoms with E-state index in [9.17, 15) is 9.59 Å². The van der Waals surface area contributed by atoms with E-state index in [1.54, 1.807) is 4.90 Å². The second-order valence-corrected chi connectivity index (χ2v) is 6.65. The summed E-state index contributed by atoms with van der Waals surface area (Å²) in [5, 5.41) is 2.84. The quantitative estimate of drug-likeness (QED) is 0.808. The summed E-state index contributed by atoms with van der Waals surface area (Å²) in [6.45, 7) is 4.46. The van der Waals surface area contributed by atoms with E-state index in [2.05, 4.69) is 21.2 Å². The predicted octanol–water partition coefficient (Wildman–Crippen LogP) is 4.13. The molecule has 0 saturated carbocycles. The van der Waals surface area contributed by atoms with E-state index >= 15 is 0 Å². The zero-order valence-electron chi connectivity index (χ0n) is 13.9. The van der Waals surface area contributed by atoms with Gasteiger partial charge in [-0.3, -0.25) is 9.59 Å². The molecule has 2 aromatic rings. The highest BCUT2D eigenvalue weighted by atomic mass is 79.9. The van der Waals surface area contributed by atoms with Gasteiger partial charge >= 0.3 is 0 Å². The van der Waals surface area contributed by atoms with Gasteiger partial charge in [-0.1, -0.05) is 51.8 Å². The van der Waals surface area contributed by atoms with Crippen molar-refractivity contribution in [1.29, 1.82) is 0 Å². The van der Waals surface area contributed by atoms with E-state index in [0.29, 0.717) is 13.1 Å². The number of aryl methyl sites for hydroxylation is 1. The van der Waals surface area contributed by atoms with E-state index in [-0.39, 0.29) is 18.2 Å². The summed E-state index contributed by atoms with van der Waals surface area (Å²) in [7, 11) is 0. The fourth-order valence-electron chi connectivity index (χ4n) is 2.29. The van der Waals surface area contributed by atoms with Crippen LogP contribution in [0, 0.1) is 6.92 Å². The summed E-state index contributed by atoms with van der Waals surface area (Å²) in [6, 6.07) is 15.5. The molecule has 0 atom stereocenters. The number of nitrogens with zero attached hydrogens (tertiary/aromatic N) is 1. The molecule has 0 aliphatic heterocycles. The molecule has 0 fully saturated rings. The molecule has 0 saturated heterocycles. The number of carbonyl (C=O) groups is 2. The van der Waals surface area contributed by atoms with Crippen molar-refractivity contribution >= 4 is 33.4 Å². The van der Waals surface area contributed by atoms with Gasteiger partial charge in [0.05, 0.1) is 0 Å². The summed E-state index contributed by atoms with van der Waals surface area (Å²) in [4.78, 5) is 25.6. The number of rotatable bonds is 6. The minimum absolute atomic E-state index is 0.0363. The highest BCUT2D eigenvalue weighted by Crippen LogP contribution is 2.16. The molecule has 0 unspecified atom stereocenters. The van der Waals surface area contributed by atoms with Crippen LogP contribution in [0.5, 0.6) is 0 Å². The number of halogens is 1. The number of amides is 2. The SMILES string of the molecule is CC(=O)N(CCC(=O)Nc1cccc(Br)c1)Cc1ccc(C)cc1. The third-order valence-corrected chi connectivity index (χ3v) is 4.15. The molecule has 2 rings (SSSR count). The van der Waals surface area contributed by atoms with E-state index in [0.717, 1.165) is 15.7 Å². The number of benzene rings is 2. The molecule has 0 bridgehead atoms. The first-order valence-corrected chi connectivity index (χ1v) is 8.60. The molecule has 4 nitrogen and oxygen atoms in total. The number of hydrogen-bond donors (Lipinski definition) is 1. The van der Waals surface area contributed by atoms with Gasteiger partial charge in [-0.05, 0) is 30.7 Å². The third-order valence-electron chi connectivity index (χ3n) is 3.66. The van der Waals surface area contributed by atoms with Crippen LogP contribution in [0.1, 0.15) is 24.5 Å². The van der Waals surface area contributed by atoms with Gasteiger partial charge in [0, 0.05) is 36.6 Å². The summed E-state index contributed by atoms with van der Waals surface area (Å²) in [6.07, 6.45) is 0.262. The summed E-state index contributed by atoms with van der Waals surface area (Å²) < 4.78 is 0.907. The Kier molecular flexibility index (Phi) is 6.55. The van der Waals surface area contributed by atoms with Gasteiger partial charge in [0.1, 0.15) is 0 Å². The smallest absolute Gasteiger partial charge is 0.226 e. The maximum absolute atomic E-state index is 12.1. The molecule has 0 aromatic heterocycles. The van der Waals surface area contributed by atoms with Crippen LogP contribution in [0.2, 0.25) is 0 Å². The van der Waals surface area contributed by atoms with Crippen LogP contribution in [0.25, 0.3) is 0 Å². The molecule has 0 heterocycles. The number of carbonyl (C=O) groups excluding carboxylic acids is 2. The topological polar surface area (TPSA) is 49.4 Å². The molecule has 0 aliphatic carbocycles. The van der Waals surface area contributed by atoms with Crippen molar-refractivity contribution in [2.45, 2.75) is 26.8 Å². The summed E-state index contributed by atoms with van der Waals surface area (Å²) in [5.41, 5.74) is 2.98. The lowest BCUT2D eigenvalue weighted by molar-refractivity contribution is -0.129. The van der Waals surface area contributed by atoms with Crippen molar-refractivity contribution in [1.82, 2.24) is 4.90 Å². The minimum Gasteiger partial charge on any atom is -0.338 e. The van der Waals surface area contributed by atoms with Gasteiger partial charge < -0.3 is 10.2 Å². The zero-order valence-corrected chi connectivity index (χ0v) is 15.5. The lowest BCUT2D eigenvalue weighted by Crippen LogP contribution is -2.31. The van der Waals surface area contributed by atoms with Crippen LogP contribution >= 0.6 is 15.9 Å². The molecule has 126 valence electrons. The standard InChI is InChI=1S/C19H21BrN2O2/c1-14-6-8-16(9-7-14)13-22(15(2)23)11-10-19(24)21-18-5-3-4-17(20)12-18/h3-9,12H,10-11,13H2,1-2H3,(H,21,24). The van der Waals surface area contributed by atoms with Crippen molar-refractivity contribution in [3.63, 3.8) is 0 Å². The molecule has 1 N–H and O–H groups in total. The fraction of sp³-hybridized carbons (Fsp3) is 0.263. The molecular weight excluding hydrogens is 368 g/mol. The Bertz CT molecular complexity index is 714. The van der Waals surface area contributed by atoms with Crippen molar-refractivity contribution in [2.24, 2.45) is 0 Å². The Labute approximate surface area is 151 Å². The van der Waals surface area contributed by atoms with Crippen molar-refractivity contribution in [3.8, 4) is 0 Å². The third kappa shape index (κ3) is 5.81. The predicted molar refractivity (Wildman–Crippen MR) is 99.7 cm³/mol. The molecule has 0 spiro atoms. The highest BCUT2D eigenvalue weighted by molar-refractivity contribution is 9.10. The second-order valence-electron chi connectivity index (χ2n) is 5.73. The van der Waals surface area contributed by atoms with Gasteiger partial charge in [-0.2, -0.15) is 0 Å². The van der Waals surface area contributed by atoms with E-state index in [4.69, 9.17) is 0 Å². The molecule has 24 heavy (non-hydrogen) atoms. The molecule has 2 amide bonds. The highest BCUT2D eigenvalue weighted by Gasteiger charge is 2.12. The monoisotopic (exact) mass is 388 g/mol. The maximum Gasteiger partial charge on any atom is 0.226 e. The first-order valence-electron chi connectivity index (χ1n) is 7.80. The largest absolute Gasteiger partial charge is 0.338 e. The zero-order chi connectivity index (χ0) is 17.5. The Morgan fingerprint density at radius 1 is 1.12 bits per heavy atom. The summed E-state index contributed by atoms with van der Waals surface area (Å²) >= 11 is 3.37. The average Bonchev–Trinajstić information content (AvgIpc) is 2.53. The lowest BCUT2D eigenvalue weighted by atomic mass is 10.1. The van der Waals surface area contributed by atoms with Gasteiger partial charge in [0.15, 0.2) is 0 Å². The van der Waals surface area contributed by atoms with Crippen LogP contribution in [0.4, 0.5) is 5.69 Å². The Hall–Kier alpha value is -2.14. The van der Waals surface area contributed by atoms with Crippen LogP contribution in [0.15, 0.2) is 53.0 Å². The maximum atomic E-state index is 12.1. The normalized spacial score (nSPS) is 10.3. The van der Waals surface area contributed by atoms with Crippen LogP contribution in [-0.4, -0.2) is 23.3 Å². The Morgan fingerprint density at radius 2 is 1.83 bits per heavy atom. The minimum atomic E-state index is -0.108. The number of nitrogens with one attached hydrogen (secondary N) is 1. The first kappa shape index (κ1) is 18.2. The van der Waals surface area contributed by atoms with Crippen LogP contribution < -0.4 is 5.32 Å². The van der Waals surface area contributed by atoms with Crippen molar-refractivity contribution < 1.29 is 9.59 Å². The first-order chi connectivity index (χ1) is 11.4. The van der Waals surface area contributed by atoms with Gasteiger partial charge in [-0.15, -0.1) is 0 Å². The number of hydrogen-bond acceptors (Lipinski definition) is 2. The van der Waals surface area contributed by atoms with Gasteiger partial charge in [0.2, 0.25) is 11.8 Å². The van der Waals surface area contributed by atoms with Gasteiger partial charge in [0.25, 0.3) is 0 Å². The fourth-order valence-corrected chi connectivity index (χ4v) is 2.69.